The highest BCUT2D eigenvalue weighted by Gasteiger charge is 2.24. The number of carboxylic acid groups (broad SMARTS) is 1. The van der Waals surface area contributed by atoms with E-state index < -0.39 is 5.97 Å². The second-order valence-electron chi connectivity index (χ2n) is 9.91. The number of anilines is 1. The molecule has 204 valence electrons. The van der Waals surface area contributed by atoms with E-state index in [1.807, 2.05) is 38.1 Å². The lowest BCUT2D eigenvalue weighted by molar-refractivity contribution is -0.125. The molecule has 1 aliphatic carbocycles. The molecule has 0 spiro atoms. The Morgan fingerprint density at radius 3 is 2.28 bits per heavy atom. The number of nitrogens with zero attached hydrogens (tertiary/aromatic N) is 1. The van der Waals surface area contributed by atoms with Crippen molar-refractivity contribution in [3.05, 3.63) is 78.0 Å². The zero-order valence-electron chi connectivity index (χ0n) is 22.1. The zero-order chi connectivity index (χ0) is 27.8. The number of carbonyl (C=O) groups excluding carboxylic acids is 2. The van der Waals surface area contributed by atoms with Gasteiger partial charge in [0.2, 0.25) is 17.7 Å². The molecule has 1 heterocycles. The highest BCUT2D eigenvalue weighted by atomic mass is 16.5. The Kier molecular flexibility index (Phi) is 9.14. The molecule has 1 aromatic heterocycles. The molecule has 0 bridgehead atoms. The molecule has 0 saturated heterocycles. The minimum Gasteiger partial charge on any atom is -0.490 e. The topological polar surface area (TPSA) is 127 Å². The van der Waals surface area contributed by atoms with Gasteiger partial charge in [-0.05, 0) is 67.6 Å². The lowest BCUT2D eigenvalue weighted by atomic mass is 9.92. The van der Waals surface area contributed by atoms with Crippen LogP contribution in [-0.4, -0.2) is 40.0 Å². The lowest BCUT2D eigenvalue weighted by Gasteiger charge is -2.30. The number of hydrogen-bond donors (Lipinski definition) is 3. The predicted octanol–water partition coefficient (Wildman–Crippen LogP) is 5.22. The van der Waals surface area contributed by atoms with E-state index in [1.165, 1.54) is 6.07 Å². The van der Waals surface area contributed by atoms with E-state index >= 15 is 0 Å². The number of rotatable bonds is 10. The van der Waals surface area contributed by atoms with Crippen LogP contribution >= 0.6 is 0 Å². The summed E-state index contributed by atoms with van der Waals surface area (Å²) in [7, 11) is 0. The molecule has 0 radical (unpaired) electrons. The molecule has 2 amide bonds. The van der Waals surface area contributed by atoms with E-state index in [9.17, 15) is 19.5 Å². The van der Waals surface area contributed by atoms with Crippen molar-refractivity contribution in [2.24, 2.45) is 5.92 Å². The lowest BCUT2D eigenvalue weighted by Crippen LogP contribution is -2.41. The normalized spacial score (nSPS) is 16.8. The summed E-state index contributed by atoms with van der Waals surface area (Å²) in [6, 6.07) is 17.2. The van der Waals surface area contributed by atoms with Crippen molar-refractivity contribution in [2.75, 3.05) is 5.32 Å². The van der Waals surface area contributed by atoms with Crippen molar-refractivity contribution in [3.8, 4) is 17.4 Å². The van der Waals surface area contributed by atoms with Crippen molar-refractivity contribution >= 4 is 23.5 Å². The highest BCUT2D eigenvalue weighted by molar-refractivity contribution is 6.00. The summed E-state index contributed by atoms with van der Waals surface area (Å²) in [5.41, 5.74) is 0.941. The number of aromatic carboxylic acids is 1. The summed E-state index contributed by atoms with van der Waals surface area (Å²) in [4.78, 5) is 39.9. The predicted molar refractivity (Wildman–Crippen MR) is 146 cm³/mol. The Balaban J connectivity index is 1.23. The molecule has 1 aliphatic rings. The van der Waals surface area contributed by atoms with Gasteiger partial charge in [-0.15, -0.1) is 0 Å². The summed E-state index contributed by atoms with van der Waals surface area (Å²) in [5, 5.41) is 15.0. The van der Waals surface area contributed by atoms with E-state index in [1.54, 1.807) is 36.5 Å². The third-order valence-electron chi connectivity index (χ3n) is 6.49. The SMILES string of the molecule is CC(C)C(=O)NC1CCC(Oc2ccc(Oc3ccc(CC(=O)Nc4ccccc4C(=O)O)cn3)cc2)CC1. The van der Waals surface area contributed by atoms with Crippen molar-refractivity contribution in [3.63, 3.8) is 0 Å². The van der Waals surface area contributed by atoms with Gasteiger partial charge in [0.25, 0.3) is 0 Å². The first-order valence-corrected chi connectivity index (χ1v) is 13.1. The third-order valence-corrected chi connectivity index (χ3v) is 6.49. The van der Waals surface area contributed by atoms with Gasteiger partial charge in [0.1, 0.15) is 11.5 Å². The van der Waals surface area contributed by atoms with Crippen molar-refractivity contribution in [1.29, 1.82) is 0 Å². The molecule has 4 rings (SSSR count). The molecular weight excluding hydrogens is 498 g/mol. The monoisotopic (exact) mass is 531 g/mol. The maximum atomic E-state index is 12.4. The van der Waals surface area contributed by atoms with Gasteiger partial charge in [0.05, 0.1) is 23.8 Å². The van der Waals surface area contributed by atoms with Crippen LogP contribution in [-0.2, 0) is 16.0 Å². The van der Waals surface area contributed by atoms with Crippen LogP contribution in [0.1, 0.15) is 55.5 Å². The van der Waals surface area contributed by atoms with Crippen molar-refractivity contribution < 1.29 is 29.0 Å². The van der Waals surface area contributed by atoms with Gasteiger partial charge in [-0.25, -0.2) is 9.78 Å². The molecule has 2 aromatic carbocycles. The first-order valence-electron chi connectivity index (χ1n) is 13.1. The van der Waals surface area contributed by atoms with Gasteiger partial charge in [-0.2, -0.15) is 0 Å². The van der Waals surface area contributed by atoms with Crippen molar-refractivity contribution in [2.45, 2.75) is 58.1 Å². The van der Waals surface area contributed by atoms with E-state index in [0.717, 1.165) is 31.4 Å². The van der Waals surface area contributed by atoms with Gasteiger partial charge < -0.3 is 25.2 Å². The van der Waals surface area contributed by atoms with Crippen LogP contribution in [0.4, 0.5) is 5.69 Å². The van der Waals surface area contributed by atoms with Gasteiger partial charge in [0, 0.05) is 24.2 Å². The largest absolute Gasteiger partial charge is 0.490 e. The standard InChI is InChI=1S/C30H33N3O6/c1-19(2)29(35)32-21-8-10-22(11-9-21)38-23-12-14-24(15-13-23)39-28-16-7-20(18-31-28)17-27(34)33-26-6-4-3-5-25(26)30(36)37/h3-7,12-16,18-19,21-22H,8-11,17H2,1-2H3,(H,32,35)(H,33,34)(H,36,37). The summed E-state index contributed by atoms with van der Waals surface area (Å²) < 4.78 is 11.9. The minimum absolute atomic E-state index is 0.00467. The molecule has 0 unspecified atom stereocenters. The Bertz CT molecular complexity index is 1280. The quantitative estimate of drug-likeness (QED) is 0.328. The van der Waals surface area contributed by atoms with Crippen LogP contribution in [0.15, 0.2) is 66.9 Å². The van der Waals surface area contributed by atoms with Crippen molar-refractivity contribution in [1.82, 2.24) is 10.3 Å². The average molecular weight is 532 g/mol. The number of para-hydroxylation sites is 1. The summed E-state index contributed by atoms with van der Waals surface area (Å²) >= 11 is 0. The smallest absolute Gasteiger partial charge is 0.337 e. The number of ether oxygens (including phenoxy) is 2. The second kappa shape index (κ2) is 12.9. The Hall–Kier alpha value is -4.40. The van der Waals surface area contributed by atoms with E-state index in [0.29, 0.717) is 17.2 Å². The van der Waals surface area contributed by atoms with Crippen LogP contribution in [0.2, 0.25) is 0 Å². The zero-order valence-corrected chi connectivity index (χ0v) is 22.1. The van der Waals surface area contributed by atoms with Crippen LogP contribution in [0.5, 0.6) is 17.4 Å². The number of aromatic nitrogens is 1. The third kappa shape index (κ3) is 8.04. The Morgan fingerprint density at radius 2 is 1.64 bits per heavy atom. The van der Waals surface area contributed by atoms with E-state index in [4.69, 9.17) is 9.47 Å². The summed E-state index contributed by atoms with van der Waals surface area (Å²) in [6.45, 7) is 3.80. The van der Waals surface area contributed by atoms with Gasteiger partial charge in [-0.1, -0.05) is 32.0 Å². The second-order valence-corrected chi connectivity index (χ2v) is 9.91. The summed E-state index contributed by atoms with van der Waals surface area (Å²) in [6.07, 6.45) is 5.30. The first kappa shape index (κ1) is 27.6. The molecule has 1 fully saturated rings. The molecule has 39 heavy (non-hydrogen) atoms. The number of carboxylic acids is 1. The molecule has 0 aliphatic heterocycles. The van der Waals surface area contributed by atoms with Crippen LogP contribution < -0.4 is 20.1 Å². The number of hydrogen-bond acceptors (Lipinski definition) is 6. The fourth-order valence-electron chi connectivity index (χ4n) is 4.33. The van der Waals surface area contributed by atoms with Gasteiger partial charge in [-0.3, -0.25) is 9.59 Å². The first-order chi connectivity index (χ1) is 18.8. The number of benzene rings is 2. The fourth-order valence-corrected chi connectivity index (χ4v) is 4.33. The number of nitrogens with one attached hydrogen (secondary N) is 2. The molecule has 1 saturated carbocycles. The molecule has 9 heteroatoms. The maximum absolute atomic E-state index is 12.4. The van der Waals surface area contributed by atoms with Crippen LogP contribution in [0.25, 0.3) is 0 Å². The average Bonchev–Trinajstić information content (AvgIpc) is 2.92. The van der Waals surface area contributed by atoms with Gasteiger partial charge in [0.15, 0.2) is 0 Å². The summed E-state index contributed by atoms with van der Waals surface area (Å²) in [5.74, 6) is 0.388. The molecule has 3 N–H and O–H groups in total. The maximum Gasteiger partial charge on any atom is 0.337 e. The number of pyridine rings is 1. The van der Waals surface area contributed by atoms with Crippen LogP contribution in [0, 0.1) is 5.92 Å². The Labute approximate surface area is 227 Å². The minimum atomic E-state index is -1.11. The number of carbonyl (C=O) groups is 3. The molecule has 3 aromatic rings. The van der Waals surface area contributed by atoms with Crippen LogP contribution in [0.3, 0.4) is 0 Å². The Morgan fingerprint density at radius 1 is 0.949 bits per heavy atom. The van der Waals surface area contributed by atoms with Gasteiger partial charge >= 0.3 is 5.97 Å². The molecule has 0 atom stereocenters. The molecular formula is C30H33N3O6. The fraction of sp³-hybridized carbons (Fsp3) is 0.333. The van der Waals surface area contributed by atoms with E-state index in [-0.39, 0.29) is 47.5 Å². The number of amides is 2. The molecule has 9 nitrogen and oxygen atoms in total. The highest BCUT2D eigenvalue weighted by Crippen LogP contribution is 2.27. The van der Waals surface area contributed by atoms with E-state index in [2.05, 4.69) is 15.6 Å².